The van der Waals surface area contributed by atoms with Gasteiger partial charge in [0, 0.05) is 24.5 Å². The molecule has 0 aliphatic carbocycles. The summed E-state index contributed by atoms with van der Waals surface area (Å²) in [6.45, 7) is 9.50. The van der Waals surface area contributed by atoms with Gasteiger partial charge in [-0.25, -0.2) is 0 Å². The molecular formula is C13H24N4O. The Kier molecular flexibility index (Phi) is 5.34. The Morgan fingerprint density at radius 3 is 2.72 bits per heavy atom. The van der Waals surface area contributed by atoms with Crippen LogP contribution in [0.3, 0.4) is 0 Å². The molecule has 0 aliphatic heterocycles. The van der Waals surface area contributed by atoms with Gasteiger partial charge in [0.15, 0.2) is 0 Å². The molecule has 1 unspecified atom stereocenters. The molecule has 5 nitrogen and oxygen atoms in total. The Morgan fingerprint density at radius 2 is 2.17 bits per heavy atom. The molecule has 1 aromatic heterocycles. The van der Waals surface area contributed by atoms with Gasteiger partial charge in [0.2, 0.25) is 5.91 Å². The van der Waals surface area contributed by atoms with Gasteiger partial charge in [-0.15, -0.1) is 0 Å². The highest BCUT2D eigenvalue weighted by Gasteiger charge is 2.18. The Hall–Kier alpha value is -1.36. The maximum Gasteiger partial charge on any atom is 0.237 e. The summed E-state index contributed by atoms with van der Waals surface area (Å²) in [5.41, 5.74) is -0.178. The molecule has 0 bridgehead atoms. The second-order valence-electron chi connectivity index (χ2n) is 5.54. The molecule has 5 heteroatoms. The van der Waals surface area contributed by atoms with E-state index in [1.165, 1.54) is 0 Å². The van der Waals surface area contributed by atoms with Gasteiger partial charge >= 0.3 is 0 Å². The standard InChI is InChI=1S/C13H24N4O/c1-11(12(18)16-13(2,3)4)14-7-5-9-17-10-6-8-15-17/h6,8,10-11,14H,5,7,9H2,1-4H3,(H,16,18). The van der Waals surface area contributed by atoms with Crippen molar-refractivity contribution in [2.45, 2.75) is 52.2 Å². The van der Waals surface area contributed by atoms with Crippen LogP contribution in [-0.2, 0) is 11.3 Å². The first-order valence-electron chi connectivity index (χ1n) is 6.41. The van der Waals surface area contributed by atoms with Crippen molar-refractivity contribution >= 4 is 5.91 Å². The molecule has 0 spiro atoms. The maximum absolute atomic E-state index is 11.8. The van der Waals surface area contributed by atoms with Crippen LogP contribution >= 0.6 is 0 Å². The topological polar surface area (TPSA) is 59.0 Å². The minimum Gasteiger partial charge on any atom is -0.350 e. The Bertz CT molecular complexity index is 354. The van der Waals surface area contributed by atoms with Crippen LogP contribution in [0.5, 0.6) is 0 Å². The fourth-order valence-corrected chi connectivity index (χ4v) is 1.56. The summed E-state index contributed by atoms with van der Waals surface area (Å²) in [5.74, 6) is 0.0431. The maximum atomic E-state index is 11.8. The molecule has 0 aromatic carbocycles. The molecule has 2 N–H and O–H groups in total. The van der Waals surface area contributed by atoms with E-state index in [9.17, 15) is 4.79 Å². The normalized spacial score (nSPS) is 13.3. The fourth-order valence-electron chi connectivity index (χ4n) is 1.56. The number of carbonyl (C=O) groups is 1. The first-order valence-corrected chi connectivity index (χ1v) is 6.41. The van der Waals surface area contributed by atoms with Crippen molar-refractivity contribution in [3.8, 4) is 0 Å². The number of aryl methyl sites for hydroxylation is 1. The number of aromatic nitrogens is 2. The van der Waals surface area contributed by atoms with Crippen molar-refractivity contribution in [2.75, 3.05) is 6.54 Å². The van der Waals surface area contributed by atoms with Crippen LogP contribution in [0.25, 0.3) is 0 Å². The van der Waals surface area contributed by atoms with E-state index >= 15 is 0 Å². The third-order valence-corrected chi connectivity index (χ3v) is 2.47. The highest BCUT2D eigenvalue weighted by molar-refractivity contribution is 5.81. The zero-order chi connectivity index (χ0) is 13.6. The Balaban J connectivity index is 2.16. The second kappa shape index (κ2) is 6.54. The summed E-state index contributed by atoms with van der Waals surface area (Å²) >= 11 is 0. The minimum atomic E-state index is -0.178. The molecule has 18 heavy (non-hydrogen) atoms. The van der Waals surface area contributed by atoms with Crippen LogP contribution < -0.4 is 10.6 Å². The molecule has 1 rings (SSSR count). The number of hydrogen-bond acceptors (Lipinski definition) is 3. The predicted molar refractivity (Wildman–Crippen MR) is 72.2 cm³/mol. The first kappa shape index (κ1) is 14.7. The first-order chi connectivity index (χ1) is 8.38. The number of nitrogens with one attached hydrogen (secondary N) is 2. The third-order valence-electron chi connectivity index (χ3n) is 2.47. The third kappa shape index (κ3) is 5.82. The van der Waals surface area contributed by atoms with Crippen LogP contribution in [0.1, 0.15) is 34.1 Å². The summed E-state index contributed by atoms with van der Waals surface area (Å²) in [6, 6.07) is 1.74. The number of hydrogen-bond donors (Lipinski definition) is 2. The van der Waals surface area contributed by atoms with E-state index < -0.39 is 0 Å². The van der Waals surface area contributed by atoms with Crippen LogP contribution in [-0.4, -0.2) is 33.8 Å². The van der Waals surface area contributed by atoms with E-state index in [0.717, 1.165) is 19.5 Å². The molecule has 0 aliphatic rings. The Labute approximate surface area is 109 Å². The van der Waals surface area contributed by atoms with Gasteiger partial charge in [-0.05, 0) is 46.7 Å². The number of rotatable bonds is 6. The SMILES string of the molecule is CC(NCCCn1cccn1)C(=O)NC(C)(C)C. The number of nitrogens with zero attached hydrogens (tertiary/aromatic N) is 2. The van der Waals surface area contributed by atoms with Gasteiger partial charge in [-0.3, -0.25) is 9.48 Å². The lowest BCUT2D eigenvalue weighted by Crippen LogP contribution is -2.49. The quantitative estimate of drug-likeness (QED) is 0.747. The van der Waals surface area contributed by atoms with Crippen LogP contribution in [0.2, 0.25) is 0 Å². The van der Waals surface area contributed by atoms with Crippen molar-refractivity contribution in [2.24, 2.45) is 0 Å². The average molecular weight is 252 g/mol. The van der Waals surface area contributed by atoms with Gasteiger partial charge in [0.05, 0.1) is 6.04 Å². The monoisotopic (exact) mass is 252 g/mol. The van der Waals surface area contributed by atoms with E-state index in [-0.39, 0.29) is 17.5 Å². The molecule has 1 atom stereocenters. The Morgan fingerprint density at radius 1 is 1.44 bits per heavy atom. The zero-order valence-corrected chi connectivity index (χ0v) is 11.7. The van der Waals surface area contributed by atoms with Crippen LogP contribution in [0.15, 0.2) is 18.5 Å². The predicted octanol–water partition coefficient (Wildman–Crippen LogP) is 1.17. The lowest BCUT2D eigenvalue weighted by molar-refractivity contribution is -0.124. The van der Waals surface area contributed by atoms with E-state index in [1.54, 1.807) is 6.20 Å². The summed E-state index contributed by atoms with van der Waals surface area (Å²) < 4.78 is 1.89. The molecular weight excluding hydrogens is 228 g/mol. The number of amides is 1. The molecule has 1 aromatic rings. The van der Waals surface area contributed by atoms with E-state index in [2.05, 4.69) is 15.7 Å². The molecule has 0 saturated carbocycles. The van der Waals surface area contributed by atoms with Crippen molar-refractivity contribution in [3.63, 3.8) is 0 Å². The van der Waals surface area contributed by atoms with Crippen molar-refractivity contribution in [1.29, 1.82) is 0 Å². The van der Waals surface area contributed by atoms with E-state index in [4.69, 9.17) is 0 Å². The lowest BCUT2D eigenvalue weighted by Gasteiger charge is -2.23. The highest BCUT2D eigenvalue weighted by Crippen LogP contribution is 1.99. The average Bonchev–Trinajstić information content (AvgIpc) is 2.74. The van der Waals surface area contributed by atoms with Gasteiger partial charge in [0.1, 0.15) is 0 Å². The molecule has 0 saturated heterocycles. The fraction of sp³-hybridized carbons (Fsp3) is 0.692. The highest BCUT2D eigenvalue weighted by atomic mass is 16.2. The van der Waals surface area contributed by atoms with Gasteiger partial charge in [0.25, 0.3) is 0 Å². The summed E-state index contributed by atoms with van der Waals surface area (Å²) in [5, 5.41) is 10.3. The van der Waals surface area contributed by atoms with E-state index in [0.29, 0.717) is 0 Å². The smallest absolute Gasteiger partial charge is 0.237 e. The minimum absolute atomic E-state index is 0.0431. The van der Waals surface area contributed by atoms with Crippen molar-refractivity contribution in [1.82, 2.24) is 20.4 Å². The molecule has 102 valence electrons. The summed E-state index contributed by atoms with van der Waals surface area (Å²) in [6.07, 6.45) is 4.66. The van der Waals surface area contributed by atoms with Gasteiger partial charge in [-0.1, -0.05) is 0 Å². The van der Waals surface area contributed by atoms with Crippen LogP contribution in [0, 0.1) is 0 Å². The summed E-state index contributed by atoms with van der Waals surface area (Å²) in [7, 11) is 0. The lowest BCUT2D eigenvalue weighted by atomic mass is 10.1. The summed E-state index contributed by atoms with van der Waals surface area (Å²) in [4.78, 5) is 11.8. The van der Waals surface area contributed by atoms with Crippen LogP contribution in [0.4, 0.5) is 0 Å². The van der Waals surface area contributed by atoms with Gasteiger partial charge in [-0.2, -0.15) is 5.10 Å². The van der Waals surface area contributed by atoms with Gasteiger partial charge < -0.3 is 10.6 Å². The van der Waals surface area contributed by atoms with Crippen molar-refractivity contribution in [3.05, 3.63) is 18.5 Å². The zero-order valence-electron chi connectivity index (χ0n) is 11.7. The molecule has 0 radical (unpaired) electrons. The molecule has 1 amide bonds. The number of carbonyl (C=O) groups excluding carboxylic acids is 1. The largest absolute Gasteiger partial charge is 0.350 e. The molecule has 1 heterocycles. The molecule has 0 fully saturated rings. The second-order valence-corrected chi connectivity index (χ2v) is 5.54. The van der Waals surface area contributed by atoms with Crippen molar-refractivity contribution < 1.29 is 4.79 Å². The van der Waals surface area contributed by atoms with E-state index in [1.807, 2.05) is 44.6 Å².